The highest BCUT2D eigenvalue weighted by molar-refractivity contribution is 6.32. The maximum absolute atomic E-state index is 11.8. The van der Waals surface area contributed by atoms with Crippen molar-refractivity contribution in [3.63, 3.8) is 0 Å². The summed E-state index contributed by atoms with van der Waals surface area (Å²) in [5.74, 6) is -0.863. The topological polar surface area (TPSA) is 74.2 Å². The molecule has 1 aromatic rings. The lowest BCUT2D eigenvalue weighted by molar-refractivity contribution is -0.274. The Kier molecular flexibility index (Phi) is 2.61. The highest BCUT2D eigenvalue weighted by Crippen LogP contribution is 2.33. The number of alkyl halides is 3. The van der Waals surface area contributed by atoms with E-state index in [0.717, 1.165) is 6.07 Å². The summed E-state index contributed by atoms with van der Waals surface area (Å²) in [5.41, 5.74) is 9.93. The van der Waals surface area contributed by atoms with Crippen LogP contribution in [0.25, 0.3) is 0 Å². The lowest BCUT2D eigenvalue weighted by atomic mass is 10.4. The van der Waals surface area contributed by atoms with E-state index in [1.165, 1.54) is 0 Å². The molecule has 0 saturated heterocycles. The van der Waals surface area contributed by atoms with Crippen molar-refractivity contribution < 1.29 is 17.9 Å². The van der Waals surface area contributed by atoms with E-state index in [4.69, 9.17) is 23.1 Å². The van der Waals surface area contributed by atoms with Crippen LogP contribution in [0.3, 0.4) is 0 Å². The molecule has 0 spiro atoms. The molecule has 0 aliphatic rings. The number of ether oxygens (including phenoxy) is 1. The SMILES string of the molecule is Nc1cc(OC(F)(F)F)c(N)c(Cl)n1. The normalized spacial score (nSPS) is 11.4. The molecular formula is C6H5ClF3N3O. The van der Waals surface area contributed by atoms with Crippen molar-refractivity contribution in [1.82, 2.24) is 4.98 Å². The molecule has 78 valence electrons. The average molecular weight is 228 g/mol. The van der Waals surface area contributed by atoms with Gasteiger partial charge in [0.05, 0.1) is 0 Å². The summed E-state index contributed by atoms with van der Waals surface area (Å²) in [6.07, 6.45) is -4.84. The number of rotatable bonds is 1. The third kappa shape index (κ3) is 2.56. The van der Waals surface area contributed by atoms with Crippen molar-refractivity contribution in [2.75, 3.05) is 11.5 Å². The fourth-order valence-corrected chi connectivity index (χ4v) is 0.919. The largest absolute Gasteiger partial charge is 0.573 e. The molecule has 0 amide bonds. The van der Waals surface area contributed by atoms with Gasteiger partial charge >= 0.3 is 6.36 Å². The maximum atomic E-state index is 11.8. The van der Waals surface area contributed by atoms with Crippen molar-refractivity contribution >= 4 is 23.1 Å². The first-order valence-electron chi connectivity index (χ1n) is 3.27. The van der Waals surface area contributed by atoms with E-state index >= 15 is 0 Å². The van der Waals surface area contributed by atoms with Gasteiger partial charge in [0, 0.05) is 6.07 Å². The first kappa shape index (κ1) is 10.7. The van der Waals surface area contributed by atoms with Gasteiger partial charge in [0.15, 0.2) is 10.9 Å². The summed E-state index contributed by atoms with van der Waals surface area (Å²) in [7, 11) is 0. The molecular weight excluding hydrogens is 223 g/mol. The molecule has 0 saturated carbocycles. The minimum atomic E-state index is -4.84. The molecule has 0 atom stereocenters. The Morgan fingerprint density at radius 3 is 2.43 bits per heavy atom. The molecule has 0 aromatic carbocycles. The summed E-state index contributed by atoms with van der Waals surface area (Å²) in [4.78, 5) is 3.43. The standard InChI is InChI=1S/C6H5ClF3N3O/c7-5-4(12)2(1-3(11)13-5)14-6(8,9)10/h1H,12H2,(H2,11,13). The Labute approximate surface area is 81.6 Å². The van der Waals surface area contributed by atoms with Gasteiger partial charge in [-0.15, -0.1) is 13.2 Å². The van der Waals surface area contributed by atoms with E-state index in [1.54, 1.807) is 0 Å². The van der Waals surface area contributed by atoms with Gasteiger partial charge in [-0.25, -0.2) is 4.98 Å². The Balaban J connectivity index is 3.09. The molecule has 0 radical (unpaired) electrons. The smallest absolute Gasteiger partial charge is 0.403 e. The monoisotopic (exact) mass is 227 g/mol. The molecule has 4 nitrogen and oxygen atoms in total. The number of anilines is 2. The zero-order valence-corrected chi connectivity index (χ0v) is 7.36. The molecule has 0 aliphatic carbocycles. The summed E-state index contributed by atoms with van der Waals surface area (Å²) in [6.45, 7) is 0. The van der Waals surface area contributed by atoms with Crippen LogP contribution in [0.5, 0.6) is 5.75 Å². The van der Waals surface area contributed by atoms with Crippen molar-refractivity contribution in [2.45, 2.75) is 6.36 Å². The first-order valence-corrected chi connectivity index (χ1v) is 3.64. The lowest BCUT2D eigenvalue weighted by Crippen LogP contribution is -2.18. The van der Waals surface area contributed by atoms with Crippen LogP contribution >= 0.6 is 11.6 Å². The average Bonchev–Trinajstić information content (AvgIpc) is 1.96. The number of aromatic nitrogens is 1. The van der Waals surface area contributed by atoms with Crippen molar-refractivity contribution in [1.29, 1.82) is 0 Å². The van der Waals surface area contributed by atoms with Gasteiger partial charge in [-0.1, -0.05) is 11.6 Å². The van der Waals surface area contributed by atoms with E-state index in [-0.39, 0.29) is 11.0 Å². The number of hydrogen-bond donors (Lipinski definition) is 2. The highest BCUT2D eigenvalue weighted by Gasteiger charge is 2.32. The zero-order valence-electron chi connectivity index (χ0n) is 6.60. The number of halogens is 4. The summed E-state index contributed by atoms with van der Waals surface area (Å²) in [5, 5.41) is -0.329. The molecule has 1 rings (SSSR count). The molecule has 0 fully saturated rings. The van der Waals surface area contributed by atoms with E-state index < -0.39 is 17.8 Å². The minimum absolute atomic E-state index is 0.205. The second-order valence-corrected chi connectivity index (χ2v) is 2.66. The predicted molar refractivity (Wildman–Crippen MR) is 44.8 cm³/mol. The van der Waals surface area contributed by atoms with E-state index in [1.807, 2.05) is 0 Å². The molecule has 0 aliphatic heterocycles. The molecule has 8 heteroatoms. The molecule has 0 bridgehead atoms. The van der Waals surface area contributed by atoms with Crippen LogP contribution in [0.4, 0.5) is 24.7 Å². The summed E-state index contributed by atoms with van der Waals surface area (Å²) < 4.78 is 39.0. The Hall–Kier alpha value is -1.37. The van der Waals surface area contributed by atoms with Crippen LogP contribution in [0.2, 0.25) is 5.15 Å². The molecule has 1 heterocycles. The second kappa shape index (κ2) is 3.41. The van der Waals surface area contributed by atoms with Gasteiger partial charge in [0.25, 0.3) is 0 Å². The van der Waals surface area contributed by atoms with Gasteiger partial charge in [-0.05, 0) is 0 Å². The lowest BCUT2D eigenvalue weighted by Gasteiger charge is -2.11. The van der Waals surface area contributed by atoms with Gasteiger partial charge in [-0.3, -0.25) is 0 Å². The second-order valence-electron chi connectivity index (χ2n) is 2.30. The number of hydrogen-bond acceptors (Lipinski definition) is 4. The van der Waals surface area contributed by atoms with Gasteiger partial charge in [0.2, 0.25) is 0 Å². The van der Waals surface area contributed by atoms with E-state index in [9.17, 15) is 13.2 Å². The van der Waals surface area contributed by atoms with Crippen LogP contribution in [0.15, 0.2) is 6.07 Å². The van der Waals surface area contributed by atoms with E-state index in [0.29, 0.717) is 0 Å². The number of nitrogens with two attached hydrogens (primary N) is 2. The molecule has 4 N–H and O–H groups in total. The fraction of sp³-hybridized carbons (Fsp3) is 0.167. The minimum Gasteiger partial charge on any atom is -0.403 e. The third-order valence-corrected chi connectivity index (χ3v) is 1.51. The molecule has 1 aromatic heterocycles. The summed E-state index contributed by atoms with van der Waals surface area (Å²) in [6, 6.07) is 0.842. The zero-order chi connectivity index (χ0) is 10.9. The number of pyridine rings is 1. The van der Waals surface area contributed by atoms with Crippen molar-refractivity contribution in [3.8, 4) is 5.75 Å². The Morgan fingerprint density at radius 2 is 1.93 bits per heavy atom. The maximum Gasteiger partial charge on any atom is 0.573 e. The van der Waals surface area contributed by atoms with Gasteiger partial charge in [-0.2, -0.15) is 0 Å². The van der Waals surface area contributed by atoms with Crippen LogP contribution in [-0.2, 0) is 0 Å². The van der Waals surface area contributed by atoms with Crippen LogP contribution in [0, 0.1) is 0 Å². The first-order chi connectivity index (χ1) is 6.29. The highest BCUT2D eigenvalue weighted by atomic mass is 35.5. The Morgan fingerprint density at radius 1 is 1.36 bits per heavy atom. The van der Waals surface area contributed by atoms with Crippen molar-refractivity contribution in [2.24, 2.45) is 0 Å². The molecule has 14 heavy (non-hydrogen) atoms. The van der Waals surface area contributed by atoms with Crippen LogP contribution in [-0.4, -0.2) is 11.3 Å². The van der Waals surface area contributed by atoms with Crippen LogP contribution < -0.4 is 16.2 Å². The number of nitrogens with zero attached hydrogens (tertiary/aromatic N) is 1. The fourth-order valence-electron chi connectivity index (χ4n) is 0.729. The number of nitrogen functional groups attached to an aromatic ring is 2. The summed E-state index contributed by atoms with van der Waals surface area (Å²) >= 11 is 5.38. The quantitative estimate of drug-likeness (QED) is 0.718. The van der Waals surface area contributed by atoms with Crippen LogP contribution in [0.1, 0.15) is 0 Å². The van der Waals surface area contributed by atoms with Gasteiger partial charge in [0.1, 0.15) is 11.5 Å². The third-order valence-electron chi connectivity index (χ3n) is 1.22. The Bertz CT molecular complexity index is 355. The van der Waals surface area contributed by atoms with Crippen molar-refractivity contribution in [3.05, 3.63) is 11.2 Å². The predicted octanol–water partition coefficient (Wildman–Crippen LogP) is 1.80. The molecule has 0 unspecified atom stereocenters. The van der Waals surface area contributed by atoms with E-state index in [2.05, 4.69) is 9.72 Å². The van der Waals surface area contributed by atoms with Gasteiger partial charge < -0.3 is 16.2 Å².